The van der Waals surface area contributed by atoms with Gasteiger partial charge in [0.1, 0.15) is 0 Å². The van der Waals surface area contributed by atoms with Crippen molar-refractivity contribution in [3.8, 4) is 0 Å². The van der Waals surface area contributed by atoms with Gasteiger partial charge in [-0.2, -0.15) is 0 Å². The Hall–Kier alpha value is 1.48. The molecule has 0 aromatic rings. The molecule has 0 aliphatic carbocycles. The highest BCUT2D eigenvalue weighted by Gasteiger charge is 2.10. The van der Waals surface area contributed by atoms with Gasteiger partial charge in [-0.3, -0.25) is 0 Å². The minimum atomic E-state index is 0.0804. The van der Waals surface area contributed by atoms with Gasteiger partial charge in [0.15, 0.2) is 0 Å². The minimum Gasteiger partial charge on any atom is -0.112 e. The monoisotopic (exact) mass is 634 g/mol. The molecular weight excluding hydrogens is 560 g/mol. The maximum Gasteiger partial charge on any atom is 0.0729 e. The molecule has 0 nitrogen and oxygen atoms in total. The number of hydrogen-bond acceptors (Lipinski definition) is 3. The Labute approximate surface area is 269 Å². The van der Waals surface area contributed by atoms with Crippen molar-refractivity contribution in [2.24, 2.45) is 0 Å². The van der Waals surface area contributed by atoms with Crippen LogP contribution in [0.2, 0.25) is 0 Å². The number of rotatable bonds is 36. The largest absolute Gasteiger partial charge is 0.112 e. The van der Waals surface area contributed by atoms with E-state index >= 15 is 0 Å². The third kappa shape index (κ3) is 35.7. The molecule has 0 rings (SSSR count). The van der Waals surface area contributed by atoms with Crippen LogP contribution in [0.25, 0.3) is 0 Å². The van der Waals surface area contributed by atoms with E-state index in [1.165, 1.54) is 210 Å². The van der Waals surface area contributed by atoms with Gasteiger partial charge in [0, 0.05) is 0 Å². The van der Waals surface area contributed by atoms with Crippen LogP contribution in [0, 0.1) is 0 Å². The zero-order chi connectivity index (χ0) is 29.0. The van der Waals surface area contributed by atoms with Crippen molar-refractivity contribution in [3.05, 3.63) is 0 Å². The molecule has 0 saturated carbocycles. The summed E-state index contributed by atoms with van der Waals surface area (Å²) in [5.41, 5.74) is 0.0804. The third-order valence-corrected chi connectivity index (χ3v) is 19.4. The molecule has 0 atom stereocenters. The zero-order valence-corrected chi connectivity index (χ0v) is 31.4. The highest BCUT2D eigenvalue weighted by Crippen LogP contribution is 2.70. The topological polar surface area (TPSA) is 0 Å². The fourth-order valence-corrected chi connectivity index (χ4v) is 16.2. The molecule has 0 unspecified atom stereocenters. The number of hydrogen-bond donors (Lipinski definition) is 0. The highest BCUT2D eigenvalue weighted by atomic mass is 33.4. The second kappa shape index (κ2) is 38.5. The van der Waals surface area contributed by atoms with Gasteiger partial charge in [-0.05, 0) is 36.5 Å². The molecule has 0 saturated heterocycles. The highest BCUT2D eigenvalue weighted by molar-refractivity contribution is 9.12. The second-order valence-corrected chi connectivity index (χ2v) is 22.4. The van der Waals surface area contributed by atoms with Gasteiger partial charge in [-0.25, -0.2) is 0 Å². The summed E-state index contributed by atoms with van der Waals surface area (Å²) < 4.78 is 0. The van der Waals surface area contributed by atoms with E-state index in [4.69, 9.17) is 0 Å². The van der Waals surface area contributed by atoms with Crippen molar-refractivity contribution in [3.63, 3.8) is 0 Å². The van der Waals surface area contributed by atoms with Crippen LogP contribution in [-0.2, 0) is 0 Å². The smallest absolute Gasteiger partial charge is 0.0729 e. The Morgan fingerprint density at radius 1 is 0.250 bits per heavy atom. The third-order valence-electron chi connectivity index (χ3n) is 8.08. The Balaban J connectivity index is 3.89. The maximum atomic E-state index is 2.35. The van der Waals surface area contributed by atoms with E-state index in [0.717, 1.165) is 0 Å². The standard InChI is InChI=1S/C36H75PS3/c1-4-7-10-13-16-19-22-25-28-31-34-38-37(39-35-32-29-26-23-20-17-14-11-8-5-2)40-36-33-30-27-24-21-18-15-12-9-6-3/h4-36H2,1-3H3. The van der Waals surface area contributed by atoms with Gasteiger partial charge in [0.05, 0.1) is 5.53 Å². The van der Waals surface area contributed by atoms with Crippen molar-refractivity contribution >= 4 is 39.7 Å². The van der Waals surface area contributed by atoms with Crippen LogP contribution in [0.15, 0.2) is 0 Å². The molecule has 0 heterocycles. The lowest BCUT2D eigenvalue weighted by molar-refractivity contribution is 0.563. The predicted molar refractivity (Wildman–Crippen MR) is 200 cm³/mol. The fourth-order valence-electron chi connectivity index (χ4n) is 5.30. The predicted octanol–water partition coefficient (Wildman–Crippen LogP) is 16.2. The summed E-state index contributed by atoms with van der Waals surface area (Å²) in [6.07, 6.45) is 43.7. The molecule has 0 radical (unpaired) electrons. The van der Waals surface area contributed by atoms with Crippen molar-refractivity contribution in [1.29, 1.82) is 0 Å². The van der Waals surface area contributed by atoms with Crippen LogP contribution in [0.5, 0.6) is 0 Å². The van der Waals surface area contributed by atoms with Crippen LogP contribution in [0.3, 0.4) is 0 Å². The van der Waals surface area contributed by atoms with Crippen molar-refractivity contribution < 1.29 is 0 Å². The van der Waals surface area contributed by atoms with Crippen LogP contribution in [-0.4, -0.2) is 17.3 Å². The average Bonchev–Trinajstić information content (AvgIpc) is 2.97. The maximum absolute atomic E-state index is 2.35. The van der Waals surface area contributed by atoms with E-state index in [1.807, 2.05) is 0 Å². The summed E-state index contributed by atoms with van der Waals surface area (Å²) in [6.45, 7) is 6.95. The summed E-state index contributed by atoms with van der Waals surface area (Å²) in [7, 11) is 0. The van der Waals surface area contributed by atoms with Gasteiger partial charge < -0.3 is 0 Å². The molecule has 0 fully saturated rings. The van der Waals surface area contributed by atoms with Gasteiger partial charge in [-0.15, -0.1) is 34.1 Å². The molecule has 0 aromatic carbocycles. The van der Waals surface area contributed by atoms with Crippen LogP contribution >= 0.6 is 39.7 Å². The molecule has 0 bridgehead atoms. The van der Waals surface area contributed by atoms with E-state index in [9.17, 15) is 0 Å². The van der Waals surface area contributed by atoms with E-state index in [1.54, 1.807) is 0 Å². The Morgan fingerprint density at radius 3 is 0.625 bits per heavy atom. The van der Waals surface area contributed by atoms with Gasteiger partial charge >= 0.3 is 0 Å². The molecule has 242 valence electrons. The normalized spacial score (nSPS) is 11.7. The zero-order valence-electron chi connectivity index (χ0n) is 28.0. The lowest BCUT2D eigenvalue weighted by Crippen LogP contribution is -1.85. The first-order valence-corrected chi connectivity index (χ1v) is 24.6. The quantitative estimate of drug-likeness (QED) is 0.0497. The Kier molecular flexibility index (Phi) is 39.9. The van der Waals surface area contributed by atoms with E-state index in [2.05, 4.69) is 54.9 Å². The Morgan fingerprint density at radius 2 is 0.425 bits per heavy atom. The first-order valence-electron chi connectivity index (χ1n) is 18.5. The summed E-state index contributed by atoms with van der Waals surface area (Å²) >= 11 is 7.06. The second-order valence-electron chi connectivity index (χ2n) is 12.3. The molecule has 0 aliphatic rings. The molecule has 0 aliphatic heterocycles. The summed E-state index contributed by atoms with van der Waals surface area (Å²) in [5.74, 6) is 4.24. The van der Waals surface area contributed by atoms with Crippen LogP contribution in [0.4, 0.5) is 0 Å². The fraction of sp³-hybridized carbons (Fsp3) is 1.00. The summed E-state index contributed by atoms with van der Waals surface area (Å²) in [4.78, 5) is 0. The van der Waals surface area contributed by atoms with Crippen molar-refractivity contribution in [1.82, 2.24) is 0 Å². The molecular formula is C36H75PS3. The van der Waals surface area contributed by atoms with Gasteiger partial charge in [0.2, 0.25) is 0 Å². The van der Waals surface area contributed by atoms with E-state index in [0.29, 0.717) is 0 Å². The van der Waals surface area contributed by atoms with E-state index < -0.39 is 0 Å². The lowest BCUT2D eigenvalue weighted by atomic mass is 10.1. The van der Waals surface area contributed by atoms with Crippen molar-refractivity contribution in [2.45, 2.75) is 213 Å². The van der Waals surface area contributed by atoms with Gasteiger partial charge in [-0.1, -0.05) is 194 Å². The molecule has 40 heavy (non-hydrogen) atoms. The average molecular weight is 635 g/mol. The van der Waals surface area contributed by atoms with Crippen molar-refractivity contribution in [2.75, 3.05) is 17.3 Å². The van der Waals surface area contributed by atoms with Gasteiger partial charge in [0.25, 0.3) is 0 Å². The molecule has 0 N–H and O–H groups in total. The summed E-state index contributed by atoms with van der Waals surface area (Å²) in [5, 5.41) is 0. The van der Waals surface area contributed by atoms with Crippen LogP contribution < -0.4 is 0 Å². The molecule has 0 amide bonds. The SMILES string of the molecule is CCCCCCCCCCCCSP(SCCCCCCCCCCCC)SCCCCCCCCCCCC. The molecule has 4 heteroatoms. The minimum absolute atomic E-state index is 0.0804. The van der Waals surface area contributed by atoms with Crippen LogP contribution in [0.1, 0.15) is 213 Å². The molecule has 0 spiro atoms. The lowest BCUT2D eigenvalue weighted by Gasteiger charge is -2.15. The summed E-state index contributed by atoms with van der Waals surface area (Å²) in [6, 6.07) is 0. The number of unbranched alkanes of at least 4 members (excludes halogenated alkanes) is 27. The Bertz CT molecular complexity index is 372. The first-order chi connectivity index (χ1) is 19.8. The molecule has 0 aromatic heterocycles. The van der Waals surface area contributed by atoms with E-state index in [-0.39, 0.29) is 5.53 Å². The first kappa shape index (κ1) is 41.5.